The van der Waals surface area contributed by atoms with Crippen LogP contribution in [0.15, 0.2) is 59.8 Å². The van der Waals surface area contributed by atoms with Crippen LogP contribution in [-0.2, 0) is 11.3 Å². The predicted molar refractivity (Wildman–Crippen MR) is 147 cm³/mol. The topological polar surface area (TPSA) is 94.2 Å². The summed E-state index contributed by atoms with van der Waals surface area (Å²) in [6.07, 6.45) is 9.32. The Bertz CT molecular complexity index is 1500. The van der Waals surface area contributed by atoms with Crippen molar-refractivity contribution in [3.05, 3.63) is 71.0 Å². The number of aromatic nitrogens is 4. The van der Waals surface area contributed by atoms with E-state index in [1.807, 2.05) is 27.7 Å². The summed E-state index contributed by atoms with van der Waals surface area (Å²) in [4.78, 5) is 40.2. The summed E-state index contributed by atoms with van der Waals surface area (Å²) >= 11 is 0. The molecule has 39 heavy (non-hydrogen) atoms. The molecule has 2 saturated heterocycles. The summed E-state index contributed by atoms with van der Waals surface area (Å²) in [5.74, 6) is 0.824. The third-order valence-corrected chi connectivity index (χ3v) is 8.01. The molecule has 1 amide bonds. The molecule has 0 bridgehead atoms. The Morgan fingerprint density at radius 1 is 1.03 bits per heavy atom. The van der Waals surface area contributed by atoms with Gasteiger partial charge < -0.3 is 18.9 Å². The van der Waals surface area contributed by atoms with Gasteiger partial charge in [0, 0.05) is 64.5 Å². The summed E-state index contributed by atoms with van der Waals surface area (Å²) in [5, 5.41) is 0.449. The van der Waals surface area contributed by atoms with E-state index in [-0.39, 0.29) is 17.6 Å². The molecule has 10 nitrogen and oxygen atoms in total. The van der Waals surface area contributed by atoms with Crippen LogP contribution in [0.5, 0.6) is 5.75 Å². The number of ether oxygens (including phenoxy) is 2. The maximum absolute atomic E-state index is 13.8. The lowest BCUT2D eigenvalue weighted by atomic mass is 9.98. The summed E-state index contributed by atoms with van der Waals surface area (Å²) in [5.41, 5.74) is 1.41. The molecule has 6 heterocycles. The Labute approximate surface area is 226 Å². The van der Waals surface area contributed by atoms with Gasteiger partial charge in [-0.05, 0) is 56.0 Å². The number of amides is 1. The summed E-state index contributed by atoms with van der Waals surface area (Å²) in [6.45, 7) is 4.26. The number of carbonyl (C=O) groups excluding carboxylic acids is 1. The molecule has 2 fully saturated rings. The van der Waals surface area contributed by atoms with E-state index in [0.29, 0.717) is 54.7 Å². The average molecular weight is 531 g/mol. The van der Waals surface area contributed by atoms with Gasteiger partial charge in [-0.2, -0.15) is 0 Å². The van der Waals surface area contributed by atoms with Gasteiger partial charge in [-0.15, -0.1) is 0 Å². The molecule has 0 radical (unpaired) electrons. The van der Waals surface area contributed by atoms with E-state index in [1.165, 1.54) is 4.40 Å². The molecule has 0 aromatic carbocycles. The van der Waals surface area contributed by atoms with Gasteiger partial charge in [-0.1, -0.05) is 6.07 Å². The van der Waals surface area contributed by atoms with Crippen molar-refractivity contribution in [3.8, 4) is 5.75 Å². The largest absolute Gasteiger partial charge is 0.490 e. The van der Waals surface area contributed by atoms with Crippen molar-refractivity contribution >= 4 is 22.6 Å². The molecule has 0 aliphatic carbocycles. The van der Waals surface area contributed by atoms with Gasteiger partial charge in [0.1, 0.15) is 28.8 Å². The van der Waals surface area contributed by atoms with Crippen LogP contribution >= 0.6 is 0 Å². The fraction of sp³-hybridized carbons (Fsp3) is 0.448. The standard InChI is InChI=1S/C29H34N6O4/c1-38-19-18-34-25(20-24-27(34)31-26-4-2-3-13-35(26)28(24)36)29(37)33-14-7-21(8-15-33)32-16-9-23(10-17-32)39-22-5-11-30-12-6-22/h2-6,11-13,20-21,23H,7-10,14-19H2,1H3. The van der Waals surface area contributed by atoms with Crippen molar-refractivity contribution in [1.29, 1.82) is 0 Å². The molecule has 0 unspecified atom stereocenters. The van der Waals surface area contributed by atoms with Crippen LogP contribution < -0.4 is 10.3 Å². The average Bonchev–Trinajstić information content (AvgIpc) is 3.35. The van der Waals surface area contributed by atoms with E-state index in [9.17, 15) is 9.59 Å². The van der Waals surface area contributed by atoms with E-state index in [0.717, 1.165) is 44.5 Å². The van der Waals surface area contributed by atoms with Crippen molar-refractivity contribution in [2.75, 3.05) is 39.9 Å². The normalized spacial score (nSPS) is 17.7. The van der Waals surface area contributed by atoms with Crippen LogP contribution in [0, 0.1) is 0 Å². The van der Waals surface area contributed by atoms with Gasteiger partial charge in [-0.3, -0.25) is 23.9 Å². The molecule has 0 N–H and O–H groups in total. The van der Waals surface area contributed by atoms with Gasteiger partial charge in [0.15, 0.2) is 0 Å². The van der Waals surface area contributed by atoms with Crippen molar-refractivity contribution < 1.29 is 14.3 Å². The highest BCUT2D eigenvalue weighted by Crippen LogP contribution is 2.25. The zero-order valence-electron chi connectivity index (χ0n) is 22.2. The smallest absolute Gasteiger partial charge is 0.270 e. The van der Waals surface area contributed by atoms with Gasteiger partial charge in [0.05, 0.1) is 12.0 Å². The minimum Gasteiger partial charge on any atom is -0.490 e. The van der Waals surface area contributed by atoms with E-state index < -0.39 is 0 Å². The van der Waals surface area contributed by atoms with Gasteiger partial charge in [0.2, 0.25) is 0 Å². The highest BCUT2D eigenvalue weighted by Gasteiger charge is 2.32. The first-order valence-electron chi connectivity index (χ1n) is 13.7. The highest BCUT2D eigenvalue weighted by atomic mass is 16.5. The minimum absolute atomic E-state index is 0.0551. The Morgan fingerprint density at radius 2 is 1.79 bits per heavy atom. The van der Waals surface area contributed by atoms with Crippen LogP contribution in [0.3, 0.4) is 0 Å². The molecule has 4 aromatic rings. The highest BCUT2D eigenvalue weighted by molar-refractivity contribution is 5.98. The van der Waals surface area contributed by atoms with Crippen LogP contribution in [0.25, 0.3) is 16.7 Å². The van der Waals surface area contributed by atoms with Crippen LogP contribution in [0.4, 0.5) is 0 Å². The van der Waals surface area contributed by atoms with Gasteiger partial charge >= 0.3 is 0 Å². The molecular weight excluding hydrogens is 496 g/mol. The molecule has 6 rings (SSSR count). The molecule has 2 aliphatic heterocycles. The summed E-state index contributed by atoms with van der Waals surface area (Å²) in [6, 6.07) is 11.4. The molecule has 0 atom stereocenters. The zero-order chi connectivity index (χ0) is 26.8. The lowest BCUT2D eigenvalue weighted by Crippen LogP contribution is -2.50. The molecule has 10 heteroatoms. The Hall–Kier alpha value is -3.76. The summed E-state index contributed by atoms with van der Waals surface area (Å²) < 4.78 is 14.8. The Balaban J connectivity index is 1.13. The van der Waals surface area contributed by atoms with Crippen LogP contribution in [0.2, 0.25) is 0 Å². The zero-order valence-corrected chi connectivity index (χ0v) is 22.2. The number of fused-ring (bicyclic) bond motifs is 2. The third-order valence-electron chi connectivity index (χ3n) is 8.01. The van der Waals surface area contributed by atoms with Crippen LogP contribution in [0.1, 0.15) is 36.2 Å². The second-order valence-electron chi connectivity index (χ2n) is 10.3. The first-order valence-corrected chi connectivity index (χ1v) is 13.7. The van der Waals surface area contributed by atoms with E-state index >= 15 is 0 Å². The van der Waals surface area contributed by atoms with Crippen molar-refractivity contribution in [2.45, 2.75) is 44.4 Å². The first kappa shape index (κ1) is 25.5. The molecule has 4 aromatic heterocycles. The fourth-order valence-corrected chi connectivity index (χ4v) is 5.90. The van der Waals surface area contributed by atoms with Gasteiger partial charge in [0.25, 0.3) is 11.5 Å². The monoisotopic (exact) mass is 530 g/mol. The lowest BCUT2D eigenvalue weighted by molar-refractivity contribution is 0.0420. The number of nitrogens with zero attached hydrogens (tertiary/aromatic N) is 6. The Kier molecular flexibility index (Phi) is 7.30. The number of carbonyl (C=O) groups is 1. The van der Waals surface area contributed by atoms with Crippen molar-refractivity contribution in [1.82, 2.24) is 28.7 Å². The number of hydrogen-bond donors (Lipinski definition) is 0. The number of pyridine rings is 2. The first-order chi connectivity index (χ1) is 19.1. The minimum atomic E-state index is -0.171. The fourth-order valence-electron chi connectivity index (χ4n) is 5.90. The number of likely N-dealkylation sites (tertiary alicyclic amines) is 2. The maximum atomic E-state index is 13.8. The molecular formula is C29H34N6O4. The molecule has 204 valence electrons. The maximum Gasteiger partial charge on any atom is 0.270 e. The number of hydrogen-bond acceptors (Lipinski definition) is 7. The predicted octanol–water partition coefficient (Wildman–Crippen LogP) is 2.84. The van der Waals surface area contributed by atoms with Crippen LogP contribution in [-0.4, -0.2) is 86.7 Å². The quantitative estimate of drug-likeness (QED) is 0.363. The lowest BCUT2D eigenvalue weighted by Gasteiger charge is -2.41. The van der Waals surface area contributed by atoms with E-state index in [4.69, 9.17) is 14.5 Å². The molecule has 2 aliphatic rings. The second-order valence-corrected chi connectivity index (χ2v) is 10.3. The Morgan fingerprint density at radius 3 is 2.54 bits per heavy atom. The van der Waals surface area contributed by atoms with E-state index in [2.05, 4.69) is 9.88 Å². The second kappa shape index (κ2) is 11.2. The number of piperidine rings is 2. The molecule has 0 saturated carbocycles. The SMILES string of the molecule is COCCn1c(C(=O)N2CCC(N3CCC(Oc4ccncc4)CC3)CC2)cc2c(=O)n3ccccc3nc21. The van der Waals surface area contributed by atoms with E-state index in [1.54, 1.807) is 43.9 Å². The van der Waals surface area contributed by atoms with Crippen molar-refractivity contribution in [3.63, 3.8) is 0 Å². The summed E-state index contributed by atoms with van der Waals surface area (Å²) in [7, 11) is 1.63. The van der Waals surface area contributed by atoms with Gasteiger partial charge in [-0.25, -0.2) is 4.98 Å². The third kappa shape index (κ3) is 5.14. The number of rotatable bonds is 7. The van der Waals surface area contributed by atoms with Crippen molar-refractivity contribution in [2.24, 2.45) is 0 Å². The number of methoxy groups -OCH3 is 1. The molecule has 0 spiro atoms.